The molecular weight excluding hydrogens is 324 g/mol. The summed E-state index contributed by atoms with van der Waals surface area (Å²) < 4.78 is 5.34. The zero-order valence-corrected chi connectivity index (χ0v) is 15.2. The topological polar surface area (TPSA) is 55.1 Å². The standard InChI is InChI=1S/C22H24N2O2/c1-3-7-19(17-8-5-4-6-9-17)15-23-22(25)20-14-21(26-24-20)18-12-10-16(2)11-13-18/h4-6,8-14,19H,3,7,15H2,1-2H3,(H,23,25). The molecule has 4 nitrogen and oxygen atoms in total. The molecule has 0 aliphatic carbocycles. The Morgan fingerprint density at radius 2 is 1.85 bits per heavy atom. The maximum atomic E-state index is 12.4. The molecule has 0 saturated carbocycles. The molecule has 0 saturated heterocycles. The summed E-state index contributed by atoms with van der Waals surface area (Å²) in [6, 6.07) is 19.9. The van der Waals surface area contributed by atoms with Gasteiger partial charge in [-0.25, -0.2) is 0 Å². The van der Waals surface area contributed by atoms with E-state index < -0.39 is 0 Å². The number of aromatic nitrogens is 1. The number of aryl methyl sites for hydroxylation is 1. The molecule has 1 unspecified atom stereocenters. The largest absolute Gasteiger partial charge is 0.355 e. The fourth-order valence-electron chi connectivity index (χ4n) is 3.00. The summed E-state index contributed by atoms with van der Waals surface area (Å²) in [7, 11) is 0. The Bertz CT molecular complexity index is 838. The van der Waals surface area contributed by atoms with E-state index in [9.17, 15) is 4.79 Å². The van der Waals surface area contributed by atoms with Crippen molar-refractivity contribution in [2.75, 3.05) is 6.54 Å². The van der Waals surface area contributed by atoms with Crippen LogP contribution >= 0.6 is 0 Å². The molecular formula is C22H24N2O2. The van der Waals surface area contributed by atoms with Crippen molar-refractivity contribution in [2.45, 2.75) is 32.6 Å². The van der Waals surface area contributed by atoms with E-state index in [-0.39, 0.29) is 5.91 Å². The van der Waals surface area contributed by atoms with Crippen molar-refractivity contribution in [1.82, 2.24) is 10.5 Å². The van der Waals surface area contributed by atoms with E-state index in [0.717, 1.165) is 18.4 Å². The zero-order valence-electron chi connectivity index (χ0n) is 15.2. The lowest BCUT2D eigenvalue weighted by atomic mass is 9.94. The van der Waals surface area contributed by atoms with E-state index in [1.807, 2.05) is 49.4 Å². The molecule has 0 spiro atoms. The predicted octanol–water partition coefficient (Wildman–Crippen LogP) is 4.96. The first-order valence-electron chi connectivity index (χ1n) is 9.04. The van der Waals surface area contributed by atoms with E-state index in [1.54, 1.807) is 6.07 Å². The molecule has 0 bridgehead atoms. The minimum absolute atomic E-state index is 0.204. The van der Waals surface area contributed by atoms with Crippen LogP contribution in [-0.4, -0.2) is 17.6 Å². The highest BCUT2D eigenvalue weighted by Gasteiger charge is 2.16. The van der Waals surface area contributed by atoms with Crippen LogP contribution in [0.25, 0.3) is 11.3 Å². The van der Waals surface area contributed by atoms with Gasteiger partial charge >= 0.3 is 0 Å². The Hall–Kier alpha value is -2.88. The quantitative estimate of drug-likeness (QED) is 0.656. The van der Waals surface area contributed by atoms with Gasteiger partial charge in [-0.3, -0.25) is 4.79 Å². The molecule has 3 aromatic rings. The monoisotopic (exact) mass is 348 g/mol. The second kappa shape index (κ2) is 8.48. The van der Waals surface area contributed by atoms with Crippen LogP contribution in [-0.2, 0) is 0 Å². The van der Waals surface area contributed by atoms with Gasteiger partial charge in [0.25, 0.3) is 5.91 Å². The zero-order chi connectivity index (χ0) is 18.4. The predicted molar refractivity (Wildman–Crippen MR) is 103 cm³/mol. The van der Waals surface area contributed by atoms with E-state index in [0.29, 0.717) is 23.9 Å². The lowest BCUT2D eigenvalue weighted by molar-refractivity contribution is 0.0941. The molecule has 1 amide bonds. The molecule has 2 aromatic carbocycles. The number of benzene rings is 2. The number of amides is 1. The van der Waals surface area contributed by atoms with Crippen molar-refractivity contribution in [3.8, 4) is 11.3 Å². The Balaban J connectivity index is 1.65. The van der Waals surface area contributed by atoms with Gasteiger partial charge in [0, 0.05) is 24.1 Å². The van der Waals surface area contributed by atoms with E-state index >= 15 is 0 Å². The molecule has 0 aliphatic heterocycles. The Kier molecular flexibility index (Phi) is 5.84. The van der Waals surface area contributed by atoms with Crippen molar-refractivity contribution in [3.05, 3.63) is 77.5 Å². The molecule has 1 heterocycles. The average Bonchev–Trinajstić information content (AvgIpc) is 3.16. The molecule has 0 fully saturated rings. The fourth-order valence-corrected chi connectivity index (χ4v) is 3.00. The summed E-state index contributed by atoms with van der Waals surface area (Å²) in [5.41, 5.74) is 3.64. The van der Waals surface area contributed by atoms with E-state index in [2.05, 4.69) is 29.5 Å². The summed E-state index contributed by atoms with van der Waals surface area (Å²) in [4.78, 5) is 12.4. The summed E-state index contributed by atoms with van der Waals surface area (Å²) >= 11 is 0. The van der Waals surface area contributed by atoms with Crippen LogP contribution in [0.5, 0.6) is 0 Å². The maximum Gasteiger partial charge on any atom is 0.273 e. The molecule has 134 valence electrons. The number of hydrogen-bond donors (Lipinski definition) is 1. The Labute approximate surface area is 154 Å². The Morgan fingerprint density at radius 3 is 2.54 bits per heavy atom. The summed E-state index contributed by atoms with van der Waals surface area (Å²) in [5, 5.41) is 6.92. The first-order valence-corrected chi connectivity index (χ1v) is 9.04. The summed E-state index contributed by atoms with van der Waals surface area (Å²) in [6.07, 6.45) is 2.09. The molecule has 26 heavy (non-hydrogen) atoms. The second-order valence-corrected chi connectivity index (χ2v) is 6.55. The third-order valence-corrected chi connectivity index (χ3v) is 4.50. The van der Waals surface area contributed by atoms with Crippen LogP contribution in [0.4, 0.5) is 0 Å². The SMILES string of the molecule is CCCC(CNC(=O)c1cc(-c2ccc(C)cc2)on1)c1ccccc1. The minimum Gasteiger partial charge on any atom is -0.355 e. The van der Waals surface area contributed by atoms with E-state index in [4.69, 9.17) is 4.52 Å². The Morgan fingerprint density at radius 1 is 1.12 bits per heavy atom. The lowest BCUT2D eigenvalue weighted by Crippen LogP contribution is -2.28. The second-order valence-electron chi connectivity index (χ2n) is 6.55. The van der Waals surface area contributed by atoms with Gasteiger partial charge in [-0.2, -0.15) is 0 Å². The third-order valence-electron chi connectivity index (χ3n) is 4.50. The first kappa shape index (κ1) is 17.9. The number of carbonyl (C=O) groups is 1. The van der Waals surface area contributed by atoms with Crippen LogP contribution in [0.3, 0.4) is 0 Å². The molecule has 1 aromatic heterocycles. The average molecular weight is 348 g/mol. The molecule has 0 aliphatic rings. The molecule has 3 rings (SSSR count). The third kappa shape index (κ3) is 4.39. The van der Waals surface area contributed by atoms with Crippen LogP contribution < -0.4 is 5.32 Å². The van der Waals surface area contributed by atoms with Crippen LogP contribution in [0.1, 0.15) is 47.3 Å². The summed E-state index contributed by atoms with van der Waals surface area (Å²) in [5.74, 6) is 0.695. The van der Waals surface area contributed by atoms with E-state index in [1.165, 1.54) is 11.1 Å². The van der Waals surface area contributed by atoms with Crippen LogP contribution in [0, 0.1) is 6.92 Å². The highest BCUT2D eigenvalue weighted by atomic mass is 16.5. The highest BCUT2D eigenvalue weighted by Crippen LogP contribution is 2.22. The van der Waals surface area contributed by atoms with Gasteiger partial charge < -0.3 is 9.84 Å². The maximum absolute atomic E-state index is 12.4. The van der Waals surface area contributed by atoms with Crippen molar-refractivity contribution in [1.29, 1.82) is 0 Å². The smallest absolute Gasteiger partial charge is 0.273 e. The van der Waals surface area contributed by atoms with Gasteiger partial charge in [0.2, 0.25) is 0 Å². The van der Waals surface area contributed by atoms with Gasteiger partial charge in [-0.05, 0) is 18.9 Å². The number of carbonyl (C=O) groups excluding carboxylic acids is 1. The first-order chi connectivity index (χ1) is 12.7. The minimum atomic E-state index is -0.204. The van der Waals surface area contributed by atoms with Crippen LogP contribution in [0.2, 0.25) is 0 Å². The van der Waals surface area contributed by atoms with Crippen molar-refractivity contribution in [3.63, 3.8) is 0 Å². The van der Waals surface area contributed by atoms with Gasteiger partial charge in [-0.15, -0.1) is 0 Å². The molecule has 1 N–H and O–H groups in total. The molecule has 4 heteroatoms. The van der Waals surface area contributed by atoms with Gasteiger partial charge in [0.05, 0.1) is 0 Å². The van der Waals surface area contributed by atoms with Gasteiger partial charge in [-0.1, -0.05) is 78.7 Å². The number of nitrogens with one attached hydrogen (secondary N) is 1. The van der Waals surface area contributed by atoms with Crippen molar-refractivity contribution in [2.24, 2.45) is 0 Å². The van der Waals surface area contributed by atoms with Crippen LogP contribution in [0.15, 0.2) is 65.2 Å². The molecule has 1 atom stereocenters. The number of hydrogen-bond acceptors (Lipinski definition) is 3. The number of rotatable bonds is 7. The van der Waals surface area contributed by atoms with Crippen molar-refractivity contribution < 1.29 is 9.32 Å². The van der Waals surface area contributed by atoms with Gasteiger partial charge in [0.15, 0.2) is 11.5 Å². The highest BCUT2D eigenvalue weighted by molar-refractivity contribution is 5.93. The van der Waals surface area contributed by atoms with Gasteiger partial charge in [0.1, 0.15) is 0 Å². The van der Waals surface area contributed by atoms with Crippen molar-refractivity contribution >= 4 is 5.91 Å². The summed E-state index contributed by atoms with van der Waals surface area (Å²) in [6.45, 7) is 4.77. The lowest BCUT2D eigenvalue weighted by Gasteiger charge is -2.17. The molecule has 0 radical (unpaired) electrons. The fraction of sp³-hybridized carbons (Fsp3) is 0.273. The number of nitrogens with zero attached hydrogens (tertiary/aromatic N) is 1. The normalized spacial score (nSPS) is 11.9.